The molecule has 0 spiro atoms. The predicted octanol–water partition coefficient (Wildman–Crippen LogP) is 3.50. The molecule has 2 aromatic rings. The highest BCUT2D eigenvalue weighted by atomic mass is 32.1. The van der Waals surface area contributed by atoms with Crippen LogP contribution in [0.1, 0.15) is 46.1 Å². The van der Waals surface area contributed by atoms with E-state index in [-0.39, 0.29) is 5.91 Å². The van der Waals surface area contributed by atoms with E-state index in [0.717, 1.165) is 36.1 Å². The molecule has 3 rings (SSSR count). The fourth-order valence-electron chi connectivity index (χ4n) is 3.02. The summed E-state index contributed by atoms with van der Waals surface area (Å²) in [6.07, 6.45) is 3.39. The molecule has 1 amide bonds. The van der Waals surface area contributed by atoms with Crippen LogP contribution in [0.15, 0.2) is 29.6 Å². The van der Waals surface area contributed by atoms with Gasteiger partial charge in [0.1, 0.15) is 5.75 Å². The highest BCUT2D eigenvalue weighted by Gasteiger charge is 2.24. The second kappa shape index (κ2) is 8.36. The molecule has 26 heavy (non-hydrogen) atoms. The Morgan fingerprint density at radius 2 is 1.92 bits per heavy atom. The van der Waals surface area contributed by atoms with Gasteiger partial charge >= 0.3 is 5.97 Å². The van der Waals surface area contributed by atoms with Crippen molar-refractivity contribution in [2.75, 3.05) is 7.11 Å². The van der Waals surface area contributed by atoms with Crippen molar-refractivity contribution in [1.29, 1.82) is 0 Å². The van der Waals surface area contributed by atoms with Gasteiger partial charge in [-0.05, 0) is 55.9 Å². The SMILES string of the molecule is COc1ccc(CNC(=O)[C@H](C)OC(=O)c2csc3c2CCCC3)cc1. The maximum atomic E-state index is 12.4. The van der Waals surface area contributed by atoms with E-state index in [0.29, 0.717) is 12.1 Å². The Hall–Kier alpha value is -2.34. The van der Waals surface area contributed by atoms with E-state index in [1.165, 1.54) is 11.3 Å². The third kappa shape index (κ3) is 4.25. The van der Waals surface area contributed by atoms with Crippen molar-refractivity contribution >= 4 is 23.2 Å². The highest BCUT2D eigenvalue weighted by molar-refractivity contribution is 7.10. The van der Waals surface area contributed by atoms with Crippen molar-refractivity contribution in [3.8, 4) is 5.75 Å². The van der Waals surface area contributed by atoms with Crippen molar-refractivity contribution in [3.63, 3.8) is 0 Å². The molecular weight excluding hydrogens is 350 g/mol. The van der Waals surface area contributed by atoms with Crippen molar-refractivity contribution in [2.24, 2.45) is 0 Å². The van der Waals surface area contributed by atoms with Gasteiger partial charge < -0.3 is 14.8 Å². The number of benzene rings is 1. The zero-order valence-electron chi connectivity index (χ0n) is 15.0. The fourth-order valence-corrected chi connectivity index (χ4v) is 4.13. The Bertz CT molecular complexity index is 782. The number of ether oxygens (including phenoxy) is 2. The van der Waals surface area contributed by atoms with Crippen LogP contribution in [-0.4, -0.2) is 25.1 Å². The lowest BCUT2D eigenvalue weighted by atomic mass is 9.96. The normalized spacial score (nSPS) is 14.2. The van der Waals surface area contributed by atoms with Gasteiger partial charge in [0.15, 0.2) is 6.10 Å². The Morgan fingerprint density at radius 1 is 1.19 bits per heavy atom. The van der Waals surface area contributed by atoms with Gasteiger partial charge in [0, 0.05) is 16.8 Å². The van der Waals surface area contributed by atoms with E-state index in [2.05, 4.69) is 5.32 Å². The molecule has 1 heterocycles. The first-order valence-electron chi connectivity index (χ1n) is 8.79. The quantitative estimate of drug-likeness (QED) is 0.787. The first-order chi connectivity index (χ1) is 12.6. The maximum Gasteiger partial charge on any atom is 0.340 e. The van der Waals surface area contributed by atoms with Gasteiger partial charge in [-0.15, -0.1) is 11.3 Å². The first kappa shape index (κ1) is 18.5. The molecule has 1 aliphatic rings. The minimum Gasteiger partial charge on any atom is -0.497 e. The standard InChI is InChI=1S/C20H23NO4S/c1-13(19(22)21-11-14-7-9-15(24-2)10-8-14)25-20(23)17-12-26-18-6-4-3-5-16(17)18/h7-10,12-13H,3-6,11H2,1-2H3,(H,21,22)/t13-/m0/s1. The van der Waals surface area contributed by atoms with Crippen molar-refractivity contribution < 1.29 is 19.1 Å². The van der Waals surface area contributed by atoms with E-state index >= 15 is 0 Å². The summed E-state index contributed by atoms with van der Waals surface area (Å²) in [5.41, 5.74) is 2.68. The summed E-state index contributed by atoms with van der Waals surface area (Å²) in [6.45, 7) is 1.97. The molecule has 138 valence electrons. The van der Waals surface area contributed by atoms with Crippen LogP contribution in [-0.2, 0) is 28.9 Å². The van der Waals surface area contributed by atoms with Crippen LogP contribution in [0.4, 0.5) is 0 Å². The minimum atomic E-state index is -0.833. The second-order valence-electron chi connectivity index (χ2n) is 6.37. The van der Waals surface area contributed by atoms with Gasteiger partial charge in [0.2, 0.25) is 0 Å². The van der Waals surface area contributed by atoms with Crippen LogP contribution >= 0.6 is 11.3 Å². The van der Waals surface area contributed by atoms with Crippen molar-refractivity contribution in [2.45, 2.75) is 45.3 Å². The van der Waals surface area contributed by atoms with Crippen LogP contribution in [0.2, 0.25) is 0 Å². The number of methoxy groups -OCH3 is 1. The third-order valence-electron chi connectivity index (χ3n) is 4.56. The molecule has 1 atom stereocenters. The van der Waals surface area contributed by atoms with Crippen LogP contribution < -0.4 is 10.1 Å². The van der Waals surface area contributed by atoms with Gasteiger partial charge in [-0.2, -0.15) is 0 Å². The molecule has 0 bridgehead atoms. The van der Waals surface area contributed by atoms with Gasteiger partial charge in [0.05, 0.1) is 12.7 Å². The summed E-state index contributed by atoms with van der Waals surface area (Å²) in [5.74, 6) is 0.0521. The number of aryl methyl sites for hydroxylation is 1. The third-order valence-corrected chi connectivity index (χ3v) is 5.65. The Labute approximate surface area is 157 Å². The van der Waals surface area contributed by atoms with Crippen LogP contribution in [0.3, 0.4) is 0 Å². The minimum absolute atomic E-state index is 0.307. The Morgan fingerprint density at radius 3 is 2.65 bits per heavy atom. The number of thiophene rings is 1. The molecule has 0 radical (unpaired) electrons. The molecule has 5 nitrogen and oxygen atoms in total. The number of carbonyl (C=O) groups excluding carboxylic acids is 2. The number of fused-ring (bicyclic) bond motifs is 1. The molecule has 0 fully saturated rings. The van der Waals surface area contributed by atoms with Crippen LogP contribution in [0.25, 0.3) is 0 Å². The number of hydrogen-bond donors (Lipinski definition) is 1. The van der Waals surface area contributed by atoms with Gasteiger partial charge in [-0.25, -0.2) is 4.79 Å². The lowest BCUT2D eigenvalue weighted by molar-refractivity contribution is -0.129. The number of esters is 1. The molecule has 1 aromatic heterocycles. The summed E-state index contributed by atoms with van der Waals surface area (Å²) in [4.78, 5) is 25.9. The zero-order chi connectivity index (χ0) is 18.5. The Kier molecular flexibility index (Phi) is 5.93. The molecule has 0 saturated carbocycles. The van der Waals surface area contributed by atoms with E-state index in [4.69, 9.17) is 9.47 Å². The molecule has 1 aliphatic carbocycles. The summed E-state index contributed by atoms with van der Waals surface area (Å²) in [6, 6.07) is 7.44. The molecule has 0 aliphatic heterocycles. The van der Waals surface area contributed by atoms with E-state index in [1.807, 2.05) is 29.6 Å². The number of amides is 1. The van der Waals surface area contributed by atoms with Crippen molar-refractivity contribution in [1.82, 2.24) is 5.32 Å². The molecular formula is C20H23NO4S. The molecule has 0 unspecified atom stereocenters. The largest absolute Gasteiger partial charge is 0.497 e. The number of nitrogens with one attached hydrogen (secondary N) is 1. The lowest BCUT2D eigenvalue weighted by Gasteiger charge is -2.15. The monoisotopic (exact) mass is 373 g/mol. The van der Waals surface area contributed by atoms with E-state index < -0.39 is 12.1 Å². The molecule has 6 heteroatoms. The summed E-state index contributed by atoms with van der Waals surface area (Å²) < 4.78 is 10.5. The molecule has 1 aromatic carbocycles. The number of rotatable bonds is 6. The molecule has 0 saturated heterocycles. The molecule has 1 N–H and O–H groups in total. The maximum absolute atomic E-state index is 12.4. The first-order valence-corrected chi connectivity index (χ1v) is 9.67. The number of hydrogen-bond acceptors (Lipinski definition) is 5. The Balaban J connectivity index is 1.53. The summed E-state index contributed by atoms with van der Waals surface area (Å²) in [7, 11) is 1.61. The van der Waals surface area contributed by atoms with E-state index in [9.17, 15) is 9.59 Å². The summed E-state index contributed by atoms with van der Waals surface area (Å²) in [5, 5.41) is 4.66. The number of carbonyl (C=O) groups is 2. The zero-order valence-corrected chi connectivity index (χ0v) is 15.9. The predicted molar refractivity (Wildman–Crippen MR) is 101 cm³/mol. The average Bonchev–Trinajstić information content (AvgIpc) is 3.10. The summed E-state index contributed by atoms with van der Waals surface area (Å²) >= 11 is 1.61. The van der Waals surface area contributed by atoms with Gasteiger partial charge in [0.25, 0.3) is 5.91 Å². The van der Waals surface area contributed by atoms with Gasteiger partial charge in [-0.3, -0.25) is 4.79 Å². The second-order valence-corrected chi connectivity index (χ2v) is 7.34. The topological polar surface area (TPSA) is 64.6 Å². The average molecular weight is 373 g/mol. The lowest BCUT2D eigenvalue weighted by Crippen LogP contribution is -2.35. The smallest absolute Gasteiger partial charge is 0.340 e. The van der Waals surface area contributed by atoms with Crippen LogP contribution in [0, 0.1) is 0 Å². The van der Waals surface area contributed by atoms with Crippen LogP contribution in [0.5, 0.6) is 5.75 Å². The highest BCUT2D eigenvalue weighted by Crippen LogP contribution is 2.30. The van der Waals surface area contributed by atoms with Crippen molar-refractivity contribution in [3.05, 3.63) is 51.2 Å². The van der Waals surface area contributed by atoms with Gasteiger partial charge in [-0.1, -0.05) is 12.1 Å². The van der Waals surface area contributed by atoms with E-state index in [1.54, 1.807) is 25.4 Å². The fraction of sp³-hybridized carbons (Fsp3) is 0.400.